The number of rotatable bonds is 2. The van der Waals surface area contributed by atoms with Crippen molar-refractivity contribution in [3.8, 4) is 0 Å². The maximum absolute atomic E-state index is 13.2. The number of alkyl halides is 3. The van der Waals surface area contributed by atoms with Crippen LogP contribution < -0.4 is 4.90 Å². The number of benzene rings is 1. The Morgan fingerprint density at radius 3 is 2.52 bits per heavy atom. The third-order valence-electron chi connectivity index (χ3n) is 5.41. The minimum absolute atomic E-state index is 0.0118. The first kappa shape index (κ1) is 16.1. The van der Waals surface area contributed by atoms with Gasteiger partial charge in [0.15, 0.2) is 0 Å². The molecule has 1 heterocycles. The number of aliphatic hydroxyl groups excluding tert-OH is 1. The number of anilines is 1. The van der Waals surface area contributed by atoms with Gasteiger partial charge in [-0.05, 0) is 30.4 Å². The summed E-state index contributed by atoms with van der Waals surface area (Å²) in [6.45, 7) is 0. The highest BCUT2D eigenvalue weighted by molar-refractivity contribution is 5.99. The number of amides is 1. The molecule has 3 unspecified atom stereocenters. The van der Waals surface area contributed by atoms with Crippen LogP contribution in [0.3, 0.4) is 0 Å². The zero-order valence-electron chi connectivity index (χ0n) is 12.7. The van der Waals surface area contributed by atoms with E-state index in [2.05, 4.69) is 0 Å². The molecule has 1 aromatic rings. The van der Waals surface area contributed by atoms with Gasteiger partial charge in [-0.3, -0.25) is 19.8 Å². The van der Waals surface area contributed by atoms with Gasteiger partial charge in [0, 0.05) is 17.7 Å². The normalized spacial score (nSPS) is 33.2. The highest BCUT2D eigenvalue weighted by Crippen LogP contribution is 2.55. The number of fused-ring (bicyclic) bond motifs is 5. The molecule has 1 saturated heterocycles. The second-order valence-corrected chi connectivity index (χ2v) is 6.63. The molecule has 132 valence electrons. The number of hydrogen-bond acceptors (Lipinski definition) is 4. The van der Waals surface area contributed by atoms with Crippen LogP contribution in [-0.4, -0.2) is 22.2 Å². The predicted molar refractivity (Wildman–Crippen MR) is 79.3 cm³/mol. The van der Waals surface area contributed by atoms with Crippen LogP contribution in [-0.2, 0) is 11.0 Å². The van der Waals surface area contributed by atoms with E-state index in [-0.39, 0.29) is 23.4 Å². The molecule has 25 heavy (non-hydrogen) atoms. The summed E-state index contributed by atoms with van der Waals surface area (Å²) < 4.78 is 39.5. The van der Waals surface area contributed by atoms with Gasteiger partial charge in [0.25, 0.3) is 5.69 Å². The molecule has 1 N–H and O–H groups in total. The fourth-order valence-electron chi connectivity index (χ4n) is 4.42. The van der Waals surface area contributed by atoms with Gasteiger partial charge in [-0.1, -0.05) is 12.2 Å². The van der Waals surface area contributed by atoms with E-state index in [1.54, 1.807) is 0 Å². The van der Waals surface area contributed by atoms with Crippen LogP contribution >= 0.6 is 0 Å². The van der Waals surface area contributed by atoms with Crippen molar-refractivity contribution in [1.82, 2.24) is 0 Å². The molecule has 2 bridgehead atoms. The number of hydrogen-bond donors (Lipinski definition) is 1. The first-order valence-corrected chi connectivity index (χ1v) is 7.75. The van der Waals surface area contributed by atoms with Crippen LogP contribution in [0.15, 0.2) is 30.4 Å². The average molecular weight is 354 g/mol. The molecule has 0 radical (unpaired) electrons. The Morgan fingerprint density at radius 2 is 1.92 bits per heavy atom. The summed E-state index contributed by atoms with van der Waals surface area (Å²) in [6.07, 6.45) is -1.57. The molecule has 1 aliphatic heterocycles. The molecule has 4 rings (SSSR count). The van der Waals surface area contributed by atoms with Crippen molar-refractivity contribution in [3.05, 3.63) is 46.0 Å². The van der Waals surface area contributed by atoms with E-state index < -0.39 is 40.4 Å². The largest absolute Gasteiger partial charge is 0.423 e. The number of halogens is 3. The number of aliphatic hydroxyl groups is 1. The molecule has 1 aromatic carbocycles. The summed E-state index contributed by atoms with van der Waals surface area (Å²) in [5, 5.41) is 21.4. The Morgan fingerprint density at radius 1 is 1.24 bits per heavy atom. The second kappa shape index (κ2) is 5.04. The lowest BCUT2D eigenvalue weighted by Gasteiger charge is -2.25. The van der Waals surface area contributed by atoms with Crippen molar-refractivity contribution >= 4 is 17.3 Å². The van der Waals surface area contributed by atoms with E-state index in [4.69, 9.17) is 0 Å². The van der Waals surface area contributed by atoms with Crippen molar-refractivity contribution in [3.63, 3.8) is 0 Å². The number of carbonyl (C=O) groups is 1. The van der Waals surface area contributed by atoms with Gasteiger partial charge in [-0.2, -0.15) is 13.2 Å². The van der Waals surface area contributed by atoms with Crippen LogP contribution in [0.1, 0.15) is 12.0 Å². The molecule has 2 aliphatic carbocycles. The lowest BCUT2D eigenvalue weighted by molar-refractivity contribution is -0.388. The monoisotopic (exact) mass is 354 g/mol. The van der Waals surface area contributed by atoms with Crippen LogP contribution in [0.2, 0.25) is 0 Å². The zero-order valence-corrected chi connectivity index (χ0v) is 12.7. The third-order valence-corrected chi connectivity index (χ3v) is 5.41. The molecule has 1 saturated carbocycles. The summed E-state index contributed by atoms with van der Waals surface area (Å²) in [5.41, 5.74) is -2.70. The lowest BCUT2D eigenvalue weighted by Crippen LogP contribution is -2.37. The highest BCUT2D eigenvalue weighted by atomic mass is 19.4. The lowest BCUT2D eigenvalue weighted by atomic mass is 9.85. The van der Waals surface area contributed by atoms with E-state index in [1.807, 2.05) is 12.2 Å². The maximum Gasteiger partial charge on any atom is 0.423 e. The number of nitro groups is 1. The minimum Gasteiger partial charge on any atom is -0.373 e. The van der Waals surface area contributed by atoms with Crippen molar-refractivity contribution < 1.29 is 28.0 Å². The summed E-state index contributed by atoms with van der Waals surface area (Å²) in [4.78, 5) is 23.4. The summed E-state index contributed by atoms with van der Waals surface area (Å²) in [5.74, 6) is -1.22. The number of carbonyl (C=O) groups excluding carboxylic acids is 1. The number of allylic oxidation sites excluding steroid dienone is 2. The van der Waals surface area contributed by atoms with E-state index in [0.717, 1.165) is 23.5 Å². The Labute approximate surface area is 139 Å². The second-order valence-electron chi connectivity index (χ2n) is 6.63. The quantitative estimate of drug-likeness (QED) is 0.503. The summed E-state index contributed by atoms with van der Waals surface area (Å²) in [6, 6.07) is 2.36. The van der Waals surface area contributed by atoms with Gasteiger partial charge >= 0.3 is 6.18 Å². The van der Waals surface area contributed by atoms with Crippen LogP contribution in [0, 0.1) is 33.8 Å². The van der Waals surface area contributed by atoms with Crippen molar-refractivity contribution in [2.75, 3.05) is 4.90 Å². The van der Waals surface area contributed by atoms with Gasteiger partial charge in [0.05, 0.1) is 10.8 Å². The number of nitro benzene ring substituents is 1. The minimum atomic E-state index is -4.94. The van der Waals surface area contributed by atoms with E-state index in [0.29, 0.717) is 6.07 Å². The highest BCUT2D eigenvalue weighted by Gasteiger charge is 2.59. The Hall–Kier alpha value is -2.42. The van der Waals surface area contributed by atoms with E-state index in [1.165, 1.54) is 0 Å². The molecular weight excluding hydrogens is 341 g/mol. The zero-order chi connectivity index (χ0) is 18.1. The first-order chi connectivity index (χ1) is 11.7. The third kappa shape index (κ3) is 2.18. The molecule has 5 atom stereocenters. The Bertz CT molecular complexity index is 807. The van der Waals surface area contributed by atoms with Crippen LogP contribution in [0.4, 0.5) is 24.5 Å². The van der Waals surface area contributed by atoms with Crippen LogP contribution in [0.25, 0.3) is 0 Å². The fraction of sp³-hybridized carbons (Fsp3) is 0.438. The van der Waals surface area contributed by atoms with Crippen molar-refractivity contribution in [2.45, 2.75) is 18.8 Å². The maximum atomic E-state index is 13.2. The molecule has 3 aliphatic rings. The predicted octanol–water partition coefficient (Wildman–Crippen LogP) is 2.72. The standard InChI is InChI=1S/C16H13F3N2O4/c17-16(18,19)10-6-9(3-4-11(10)21(24)25)20-14(22)12-7-1-2-8(5-7)13(12)15(20)23/h1-4,6-8,12-14,22H,5H2/t7?,8?,12-,13+,14?/m1/s1. The average Bonchev–Trinajstić information content (AvgIpc) is 3.20. The summed E-state index contributed by atoms with van der Waals surface area (Å²) in [7, 11) is 0. The number of nitrogens with zero attached hydrogens (tertiary/aromatic N) is 2. The van der Waals surface area contributed by atoms with Gasteiger partial charge in [-0.25, -0.2) is 0 Å². The van der Waals surface area contributed by atoms with Gasteiger partial charge in [0.2, 0.25) is 5.91 Å². The molecule has 0 aromatic heterocycles. The van der Waals surface area contributed by atoms with E-state index in [9.17, 15) is 33.2 Å². The fourth-order valence-corrected chi connectivity index (χ4v) is 4.42. The van der Waals surface area contributed by atoms with Gasteiger partial charge in [-0.15, -0.1) is 0 Å². The van der Waals surface area contributed by atoms with Crippen molar-refractivity contribution in [2.24, 2.45) is 23.7 Å². The molecule has 2 fully saturated rings. The van der Waals surface area contributed by atoms with E-state index >= 15 is 0 Å². The molecule has 0 spiro atoms. The Kier molecular flexibility index (Phi) is 3.24. The molecule has 1 amide bonds. The van der Waals surface area contributed by atoms with Crippen molar-refractivity contribution in [1.29, 1.82) is 0 Å². The first-order valence-electron chi connectivity index (χ1n) is 7.75. The Balaban J connectivity index is 1.76. The topological polar surface area (TPSA) is 83.7 Å². The van der Waals surface area contributed by atoms with Crippen LogP contribution in [0.5, 0.6) is 0 Å². The smallest absolute Gasteiger partial charge is 0.373 e. The summed E-state index contributed by atoms with van der Waals surface area (Å²) >= 11 is 0. The molecule has 9 heteroatoms. The van der Waals surface area contributed by atoms with Gasteiger partial charge < -0.3 is 5.11 Å². The van der Waals surface area contributed by atoms with Gasteiger partial charge in [0.1, 0.15) is 11.8 Å². The molecule has 6 nitrogen and oxygen atoms in total. The molecular formula is C16H13F3N2O4. The SMILES string of the molecule is O=C1[C@H]2C3C=CC(C3)[C@H]2C(O)N1c1ccc([N+](=O)[O-])c(C(F)(F)F)c1.